The van der Waals surface area contributed by atoms with E-state index in [0.717, 1.165) is 12.8 Å². The van der Waals surface area contributed by atoms with Gasteiger partial charge < -0.3 is 26.6 Å². The number of aliphatic imine (C=N–C) groups is 1. The normalized spacial score (nSPS) is 26.7. The molecule has 1 fully saturated rings. The molecule has 1 saturated carbocycles. The van der Waals surface area contributed by atoms with Crippen LogP contribution < -0.4 is 22.1 Å². The molecular formula is C19H35N5O5. The van der Waals surface area contributed by atoms with E-state index in [2.05, 4.69) is 15.6 Å². The van der Waals surface area contributed by atoms with Crippen molar-refractivity contribution < 1.29 is 24.2 Å². The molecule has 0 aromatic carbocycles. The molecule has 10 heteroatoms. The second kappa shape index (κ2) is 11.1. The van der Waals surface area contributed by atoms with E-state index in [9.17, 15) is 19.5 Å². The van der Waals surface area contributed by atoms with Crippen molar-refractivity contribution in [1.82, 2.24) is 10.6 Å². The van der Waals surface area contributed by atoms with Gasteiger partial charge in [0.25, 0.3) is 0 Å². The Bertz CT molecular complexity index is 620. The number of carbonyl (C=O) groups excluding carboxylic acids is 3. The third kappa shape index (κ3) is 6.40. The van der Waals surface area contributed by atoms with Gasteiger partial charge in [0.2, 0.25) is 11.8 Å². The molecule has 1 rings (SSSR count). The summed E-state index contributed by atoms with van der Waals surface area (Å²) in [7, 11) is 1.25. The fourth-order valence-corrected chi connectivity index (χ4v) is 4.04. The fourth-order valence-electron chi connectivity index (χ4n) is 4.04. The van der Waals surface area contributed by atoms with Crippen molar-refractivity contribution >= 4 is 23.7 Å². The van der Waals surface area contributed by atoms with E-state index in [1.807, 2.05) is 13.8 Å². The Balaban J connectivity index is 3.30. The lowest BCUT2D eigenvalue weighted by Gasteiger charge is -2.35. The average molecular weight is 414 g/mol. The van der Waals surface area contributed by atoms with Crippen molar-refractivity contribution in [3.05, 3.63) is 0 Å². The third-order valence-electron chi connectivity index (χ3n) is 5.56. The Morgan fingerprint density at radius 3 is 2.31 bits per heavy atom. The number of hydrogen-bond acceptors (Lipinski definition) is 7. The first-order valence-corrected chi connectivity index (χ1v) is 9.99. The minimum atomic E-state index is -1.08. The topological polar surface area (TPSA) is 169 Å². The van der Waals surface area contributed by atoms with Crippen LogP contribution in [-0.2, 0) is 19.1 Å². The number of amides is 2. The Morgan fingerprint density at radius 2 is 1.86 bits per heavy atom. The molecule has 0 spiro atoms. The molecule has 0 aromatic rings. The average Bonchev–Trinajstić information content (AvgIpc) is 2.96. The van der Waals surface area contributed by atoms with Crippen LogP contribution in [0.15, 0.2) is 4.99 Å². The highest BCUT2D eigenvalue weighted by atomic mass is 16.5. The predicted molar refractivity (Wildman–Crippen MR) is 108 cm³/mol. The van der Waals surface area contributed by atoms with Gasteiger partial charge in [-0.05, 0) is 19.3 Å². The van der Waals surface area contributed by atoms with Gasteiger partial charge in [-0.15, -0.1) is 0 Å². The van der Waals surface area contributed by atoms with Crippen molar-refractivity contribution in [3.8, 4) is 0 Å². The lowest BCUT2D eigenvalue weighted by atomic mass is 9.80. The highest BCUT2D eigenvalue weighted by Crippen LogP contribution is 2.40. The summed E-state index contributed by atoms with van der Waals surface area (Å²) < 4.78 is 4.82. The first kappa shape index (κ1) is 24.8. The summed E-state index contributed by atoms with van der Waals surface area (Å²) in [5.41, 5.74) is 11.4. The molecule has 0 radical (unpaired) electrons. The maximum Gasteiger partial charge on any atom is 0.311 e. The van der Waals surface area contributed by atoms with Crippen molar-refractivity contribution in [3.63, 3.8) is 0 Å². The molecular weight excluding hydrogens is 378 g/mol. The molecule has 2 unspecified atom stereocenters. The predicted octanol–water partition coefficient (Wildman–Crippen LogP) is -0.756. The maximum atomic E-state index is 12.2. The fraction of sp³-hybridized carbons (Fsp3) is 0.789. The Hall–Kier alpha value is -2.20. The van der Waals surface area contributed by atoms with Crippen LogP contribution in [0.2, 0.25) is 0 Å². The van der Waals surface area contributed by atoms with Crippen LogP contribution in [0, 0.1) is 17.8 Å². The van der Waals surface area contributed by atoms with Gasteiger partial charge in [-0.3, -0.25) is 19.7 Å². The number of ether oxygens (including phenoxy) is 1. The summed E-state index contributed by atoms with van der Waals surface area (Å²) in [4.78, 5) is 40.2. The van der Waals surface area contributed by atoms with Crippen molar-refractivity contribution in [2.45, 2.75) is 71.2 Å². The number of nitrogens with two attached hydrogens (primary N) is 2. The molecule has 1 aliphatic carbocycles. The molecule has 7 N–H and O–H groups in total. The molecule has 2 amide bonds. The van der Waals surface area contributed by atoms with Gasteiger partial charge >= 0.3 is 5.97 Å². The van der Waals surface area contributed by atoms with E-state index >= 15 is 0 Å². The third-order valence-corrected chi connectivity index (χ3v) is 5.56. The first-order chi connectivity index (χ1) is 13.6. The zero-order valence-electron chi connectivity index (χ0n) is 17.8. The van der Waals surface area contributed by atoms with Gasteiger partial charge in [0.05, 0.1) is 31.2 Å². The lowest BCUT2D eigenvalue weighted by Crippen LogP contribution is -2.51. The number of aliphatic hydroxyl groups is 1. The summed E-state index contributed by atoms with van der Waals surface area (Å²) in [5, 5.41) is 16.3. The number of carbonyl (C=O) groups is 3. The van der Waals surface area contributed by atoms with E-state index in [1.54, 1.807) is 0 Å². The van der Waals surface area contributed by atoms with Gasteiger partial charge in [-0.2, -0.15) is 0 Å². The van der Waals surface area contributed by atoms with Crippen LogP contribution in [0.3, 0.4) is 0 Å². The zero-order chi connectivity index (χ0) is 22.3. The molecule has 166 valence electrons. The highest BCUT2D eigenvalue weighted by Gasteiger charge is 2.51. The van der Waals surface area contributed by atoms with E-state index in [0.29, 0.717) is 0 Å². The highest BCUT2D eigenvalue weighted by molar-refractivity contribution is 5.98. The Kier molecular flexibility index (Phi) is 9.51. The van der Waals surface area contributed by atoms with E-state index < -0.39 is 47.9 Å². The molecule has 0 bridgehead atoms. The van der Waals surface area contributed by atoms with Crippen LogP contribution in [0.5, 0.6) is 0 Å². The molecule has 0 heterocycles. The van der Waals surface area contributed by atoms with Crippen molar-refractivity contribution in [2.24, 2.45) is 34.2 Å². The van der Waals surface area contributed by atoms with Crippen LogP contribution in [-0.4, -0.2) is 60.2 Å². The molecule has 6 atom stereocenters. The van der Waals surface area contributed by atoms with Crippen LogP contribution >= 0.6 is 0 Å². The molecule has 0 saturated heterocycles. The second-order valence-corrected chi connectivity index (χ2v) is 7.60. The summed E-state index contributed by atoms with van der Waals surface area (Å²) in [6, 6.07) is -1.79. The van der Waals surface area contributed by atoms with Gasteiger partial charge in [-0.25, -0.2) is 4.99 Å². The van der Waals surface area contributed by atoms with Crippen molar-refractivity contribution in [2.75, 3.05) is 7.11 Å². The smallest absolute Gasteiger partial charge is 0.311 e. The van der Waals surface area contributed by atoms with E-state index in [-0.39, 0.29) is 24.2 Å². The summed E-state index contributed by atoms with van der Waals surface area (Å²) in [6.07, 6.45) is 0.635. The van der Waals surface area contributed by atoms with Crippen molar-refractivity contribution in [1.29, 1.82) is 0 Å². The largest absolute Gasteiger partial charge is 0.469 e. The molecule has 1 aliphatic rings. The number of nitrogens with zero attached hydrogens (tertiary/aromatic N) is 1. The van der Waals surface area contributed by atoms with Crippen LogP contribution in [0.4, 0.5) is 0 Å². The van der Waals surface area contributed by atoms with Gasteiger partial charge in [0, 0.05) is 18.9 Å². The maximum absolute atomic E-state index is 12.2. The monoisotopic (exact) mass is 413 g/mol. The molecule has 10 nitrogen and oxygen atoms in total. The number of hydrogen-bond donors (Lipinski definition) is 5. The van der Waals surface area contributed by atoms with Gasteiger partial charge in [-0.1, -0.05) is 26.7 Å². The zero-order valence-corrected chi connectivity index (χ0v) is 17.8. The first-order valence-electron chi connectivity index (χ1n) is 9.99. The lowest BCUT2D eigenvalue weighted by molar-refractivity contribution is -0.149. The summed E-state index contributed by atoms with van der Waals surface area (Å²) in [5.74, 6) is -2.75. The number of aliphatic hydroxyl groups excluding tert-OH is 1. The number of rotatable bonds is 8. The Morgan fingerprint density at radius 1 is 1.28 bits per heavy atom. The summed E-state index contributed by atoms with van der Waals surface area (Å²) in [6.45, 7) is 6.91. The van der Waals surface area contributed by atoms with Crippen LogP contribution in [0.25, 0.3) is 0 Å². The number of nitrogens with one attached hydrogen (secondary N) is 2. The standard InChI is InChI=1S/C19H35N5O5/c1-6-11(7-2)15(22-10(4)25)14-13(8-12(16(14)26)18(28)29-5)23-19(21)24-17(27)9(3)20/h9,11-16,26H,6-8,20H2,1-5H3,(H,22,25)(H3,21,23,24,27)/t9?,12-,13+,14+,15?,16+/m0/s1. The van der Waals surface area contributed by atoms with E-state index in [1.165, 1.54) is 21.0 Å². The SMILES string of the molecule is CCC(CC)C(NC(C)=O)[C@@H]1[C@H](O)[C@@H](C(=O)OC)C[C@H]1N=C(N)NC(=O)C(C)N. The summed E-state index contributed by atoms with van der Waals surface area (Å²) >= 11 is 0. The second-order valence-electron chi connectivity index (χ2n) is 7.60. The molecule has 29 heavy (non-hydrogen) atoms. The number of esters is 1. The number of methoxy groups -OCH3 is 1. The van der Waals surface area contributed by atoms with Gasteiger partial charge in [0.15, 0.2) is 5.96 Å². The molecule has 0 aliphatic heterocycles. The minimum Gasteiger partial charge on any atom is -0.469 e. The van der Waals surface area contributed by atoms with E-state index in [4.69, 9.17) is 16.2 Å². The van der Waals surface area contributed by atoms with Gasteiger partial charge in [0.1, 0.15) is 0 Å². The Labute approximate surface area is 171 Å². The quantitative estimate of drug-likeness (QED) is 0.198. The van der Waals surface area contributed by atoms with Crippen LogP contribution in [0.1, 0.15) is 47.0 Å². The molecule has 0 aromatic heterocycles. The minimum absolute atomic E-state index is 0.0625. The number of guanidine groups is 1.